The van der Waals surface area contributed by atoms with Gasteiger partial charge in [0.05, 0.1) is 5.75 Å². The molecule has 4 nitrogen and oxygen atoms in total. The van der Waals surface area contributed by atoms with Gasteiger partial charge in [0.15, 0.2) is 0 Å². The molecule has 2 aliphatic carbocycles. The van der Waals surface area contributed by atoms with Crippen LogP contribution in [0.4, 0.5) is 0 Å². The van der Waals surface area contributed by atoms with Gasteiger partial charge >= 0.3 is 0 Å². The molecule has 16 heavy (non-hydrogen) atoms. The molecule has 0 aromatic rings. The van der Waals surface area contributed by atoms with Crippen LogP contribution in [-0.2, 0) is 14.8 Å². The first-order valence-electron chi connectivity index (χ1n) is 5.81. The van der Waals surface area contributed by atoms with E-state index in [0.29, 0.717) is 12.0 Å². The van der Waals surface area contributed by atoms with Crippen molar-refractivity contribution in [1.82, 2.24) is 4.72 Å². The topological polar surface area (TPSA) is 63.2 Å². The van der Waals surface area contributed by atoms with E-state index in [9.17, 15) is 13.2 Å². The Balaban J connectivity index is 1.89. The average molecular weight is 243 g/mol. The average Bonchev–Trinajstić information content (AvgIpc) is 2.63. The number of nitrogens with one attached hydrogen (secondary N) is 1. The summed E-state index contributed by atoms with van der Waals surface area (Å²) >= 11 is 0. The van der Waals surface area contributed by atoms with Crippen LogP contribution in [-0.4, -0.2) is 20.1 Å². The van der Waals surface area contributed by atoms with Crippen LogP contribution >= 0.6 is 0 Å². The van der Waals surface area contributed by atoms with Gasteiger partial charge in [0.1, 0.15) is 0 Å². The van der Waals surface area contributed by atoms with E-state index in [1.165, 1.54) is 0 Å². The number of carbonyl (C=O) groups excluding carboxylic acids is 1. The van der Waals surface area contributed by atoms with Crippen LogP contribution in [0.3, 0.4) is 0 Å². The lowest BCUT2D eigenvalue weighted by molar-refractivity contribution is -0.115. The van der Waals surface area contributed by atoms with Gasteiger partial charge in [0.2, 0.25) is 10.0 Å². The third-order valence-corrected chi connectivity index (χ3v) is 4.67. The van der Waals surface area contributed by atoms with Crippen LogP contribution in [0.15, 0.2) is 11.6 Å². The van der Waals surface area contributed by atoms with Gasteiger partial charge in [-0.15, -0.1) is 0 Å². The van der Waals surface area contributed by atoms with Gasteiger partial charge in [-0.1, -0.05) is 12.5 Å². The van der Waals surface area contributed by atoms with Crippen LogP contribution in [0.2, 0.25) is 0 Å². The molecular formula is C11H17NO3S. The molecule has 0 aromatic heterocycles. The molecule has 2 rings (SSSR count). The summed E-state index contributed by atoms with van der Waals surface area (Å²) < 4.78 is 25.4. The zero-order valence-electron chi connectivity index (χ0n) is 9.24. The predicted octanol–water partition coefficient (Wildman–Crippen LogP) is 1.34. The van der Waals surface area contributed by atoms with E-state index in [-0.39, 0.29) is 11.7 Å². The minimum Gasteiger partial charge on any atom is -0.269 e. The van der Waals surface area contributed by atoms with Crippen LogP contribution in [0, 0.1) is 5.92 Å². The largest absolute Gasteiger partial charge is 0.269 e. The van der Waals surface area contributed by atoms with E-state index >= 15 is 0 Å². The van der Waals surface area contributed by atoms with Crippen LogP contribution in [0.25, 0.3) is 0 Å². The van der Waals surface area contributed by atoms with Crippen molar-refractivity contribution in [1.29, 1.82) is 0 Å². The Morgan fingerprint density at radius 1 is 1.38 bits per heavy atom. The van der Waals surface area contributed by atoms with Crippen molar-refractivity contribution < 1.29 is 13.2 Å². The second-order valence-electron chi connectivity index (χ2n) is 4.63. The van der Waals surface area contributed by atoms with E-state index in [0.717, 1.165) is 32.1 Å². The normalized spacial score (nSPS) is 21.4. The number of hydrogen-bond donors (Lipinski definition) is 1. The monoisotopic (exact) mass is 243 g/mol. The van der Waals surface area contributed by atoms with E-state index < -0.39 is 15.9 Å². The van der Waals surface area contributed by atoms with Gasteiger partial charge in [-0.25, -0.2) is 13.1 Å². The fourth-order valence-corrected chi connectivity index (χ4v) is 3.55. The second-order valence-corrected chi connectivity index (χ2v) is 6.40. The van der Waals surface area contributed by atoms with Crippen molar-refractivity contribution in [2.45, 2.75) is 38.5 Å². The van der Waals surface area contributed by atoms with Crippen LogP contribution in [0.1, 0.15) is 38.5 Å². The van der Waals surface area contributed by atoms with Crippen molar-refractivity contribution >= 4 is 15.9 Å². The molecule has 0 aromatic carbocycles. The summed E-state index contributed by atoms with van der Waals surface area (Å²) in [5.41, 5.74) is 0.622. The smallest absolute Gasteiger partial charge is 0.260 e. The molecule has 1 fully saturated rings. The number of sulfonamides is 1. The van der Waals surface area contributed by atoms with E-state index in [4.69, 9.17) is 0 Å². The van der Waals surface area contributed by atoms with E-state index in [1.54, 1.807) is 0 Å². The molecule has 0 heterocycles. The van der Waals surface area contributed by atoms with Crippen molar-refractivity contribution in [3.8, 4) is 0 Å². The Kier molecular flexibility index (Phi) is 3.33. The summed E-state index contributed by atoms with van der Waals surface area (Å²) in [5, 5.41) is 0. The van der Waals surface area contributed by atoms with Crippen molar-refractivity contribution in [2.24, 2.45) is 5.92 Å². The highest BCUT2D eigenvalue weighted by Crippen LogP contribution is 2.27. The maximum atomic E-state index is 11.6. The maximum absolute atomic E-state index is 11.6. The van der Waals surface area contributed by atoms with Crippen LogP contribution in [0.5, 0.6) is 0 Å². The van der Waals surface area contributed by atoms with Gasteiger partial charge in [-0.3, -0.25) is 4.79 Å². The van der Waals surface area contributed by atoms with Gasteiger partial charge < -0.3 is 0 Å². The Morgan fingerprint density at radius 3 is 2.62 bits per heavy atom. The third-order valence-electron chi connectivity index (χ3n) is 3.26. The number of carbonyl (C=O) groups is 1. The van der Waals surface area contributed by atoms with Crippen molar-refractivity contribution in [2.75, 3.05) is 5.75 Å². The number of rotatable bonds is 4. The summed E-state index contributed by atoms with van der Waals surface area (Å²) in [5.74, 6) is -0.0638. The molecule has 1 N–H and O–H groups in total. The zero-order valence-corrected chi connectivity index (χ0v) is 10.1. The minimum atomic E-state index is -3.42. The summed E-state index contributed by atoms with van der Waals surface area (Å²) in [7, 11) is -3.42. The lowest BCUT2D eigenvalue weighted by Crippen LogP contribution is -2.36. The molecule has 0 saturated heterocycles. The molecule has 0 unspecified atom stereocenters. The third kappa shape index (κ3) is 2.84. The maximum Gasteiger partial charge on any atom is 0.260 e. The van der Waals surface area contributed by atoms with Gasteiger partial charge in [0, 0.05) is 5.57 Å². The molecule has 1 amide bonds. The molecule has 90 valence electrons. The molecule has 2 aliphatic rings. The highest BCUT2D eigenvalue weighted by Gasteiger charge is 2.26. The first kappa shape index (κ1) is 11.6. The second kappa shape index (κ2) is 4.57. The fraction of sp³-hybridized carbons (Fsp3) is 0.727. The summed E-state index contributed by atoms with van der Waals surface area (Å²) in [6.07, 6.45) is 7.41. The Morgan fingerprint density at radius 2 is 2.12 bits per heavy atom. The first-order chi connectivity index (χ1) is 7.57. The fourth-order valence-electron chi connectivity index (χ4n) is 2.10. The molecule has 0 aliphatic heterocycles. The molecule has 1 saturated carbocycles. The predicted molar refractivity (Wildman–Crippen MR) is 61.2 cm³/mol. The highest BCUT2D eigenvalue weighted by atomic mass is 32.2. The summed E-state index contributed by atoms with van der Waals surface area (Å²) in [6, 6.07) is 0. The number of hydrogen-bond acceptors (Lipinski definition) is 3. The van der Waals surface area contributed by atoms with Crippen LogP contribution < -0.4 is 4.72 Å². The first-order valence-corrected chi connectivity index (χ1v) is 7.46. The lowest BCUT2D eigenvalue weighted by Gasteiger charge is -2.24. The SMILES string of the molecule is O=C(NS(=O)(=O)CC1CCC1)C1=CCCC1. The molecule has 0 bridgehead atoms. The van der Waals surface area contributed by atoms with Gasteiger partial charge in [-0.05, 0) is 38.0 Å². The molecule has 5 heteroatoms. The molecule has 0 atom stereocenters. The van der Waals surface area contributed by atoms with Crippen molar-refractivity contribution in [3.05, 3.63) is 11.6 Å². The molecule has 0 spiro atoms. The molecular weight excluding hydrogens is 226 g/mol. The van der Waals surface area contributed by atoms with E-state index in [2.05, 4.69) is 4.72 Å². The van der Waals surface area contributed by atoms with E-state index in [1.807, 2.05) is 6.08 Å². The number of allylic oxidation sites excluding steroid dienone is 1. The number of amides is 1. The zero-order chi connectivity index (χ0) is 11.6. The Labute approximate surface area is 96.2 Å². The standard InChI is InChI=1S/C11H17NO3S/c13-11(10-6-1-2-7-10)12-16(14,15)8-9-4-3-5-9/h6,9H,1-5,7-8H2,(H,12,13). The quantitative estimate of drug-likeness (QED) is 0.810. The lowest BCUT2D eigenvalue weighted by atomic mass is 9.87. The molecule has 0 radical (unpaired) electrons. The van der Waals surface area contributed by atoms with Gasteiger partial charge in [0.25, 0.3) is 5.91 Å². The Hall–Kier alpha value is -0.840. The van der Waals surface area contributed by atoms with Gasteiger partial charge in [-0.2, -0.15) is 0 Å². The summed E-state index contributed by atoms with van der Waals surface area (Å²) in [4.78, 5) is 11.6. The summed E-state index contributed by atoms with van der Waals surface area (Å²) in [6.45, 7) is 0. The highest BCUT2D eigenvalue weighted by molar-refractivity contribution is 7.90. The van der Waals surface area contributed by atoms with Crippen molar-refractivity contribution in [3.63, 3.8) is 0 Å². The Bertz CT molecular complexity index is 407. The minimum absolute atomic E-state index is 0.103.